The van der Waals surface area contributed by atoms with Gasteiger partial charge in [0.1, 0.15) is 0 Å². The Morgan fingerprint density at radius 1 is 1.14 bits per heavy atom. The second kappa shape index (κ2) is 9.04. The van der Waals surface area contributed by atoms with E-state index in [9.17, 15) is 4.79 Å². The summed E-state index contributed by atoms with van der Waals surface area (Å²) in [6.07, 6.45) is 3.58. The Kier molecular flexibility index (Phi) is 6.49. The highest BCUT2D eigenvalue weighted by Crippen LogP contribution is 2.28. The fourth-order valence-corrected chi connectivity index (χ4v) is 3.53. The van der Waals surface area contributed by atoms with Gasteiger partial charge in [-0.25, -0.2) is 4.98 Å². The van der Waals surface area contributed by atoms with Crippen LogP contribution in [0.5, 0.6) is 0 Å². The van der Waals surface area contributed by atoms with Crippen LogP contribution in [0.1, 0.15) is 30.1 Å². The van der Waals surface area contributed by atoms with Crippen LogP contribution < -0.4 is 10.6 Å². The summed E-state index contributed by atoms with van der Waals surface area (Å²) >= 11 is 0. The van der Waals surface area contributed by atoms with Gasteiger partial charge in [-0.05, 0) is 38.4 Å². The number of aromatic nitrogens is 1. The van der Waals surface area contributed by atoms with Crippen molar-refractivity contribution in [2.45, 2.75) is 31.8 Å². The molecule has 0 saturated carbocycles. The zero-order chi connectivity index (χ0) is 18.6. The molecule has 1 fully saturated rings. The zero-order valence-electron chi connectivity index (χ0n) is 15.7. The minimum absolute atomic E-state index is 0. The third kappa shape index (κ3) is 4.43. The van der Waals surface area contributed by atoms with Crippen molar-refractivity contribution in [2.24, 2.45) is 0 Å². The summed E-state index contributed by atoms with van der Waals surface area (Å²) in [6.45, 7) is 3.07. The van der Waals surface area contributed by atoms with Gasteiger partial charge in [0.2, 0.25) is 5.89 Å². The van der Waals surface area contributed by atoms with E-state index in [1.165, 1.54) is 0 Å². The molecule has 0 spiro atoms. The third-order valence-electron chi connectivity index (χ3n) is 4.92. The molecule has 1 aliphatic rings. The van der Waals surface area contributed by atoms with E-state index in [-0.39, 0.29) is 24.4 Å². The molecule has 0 radical (unpaired) electrons. The van der Waals surface area contributed by atoms with Crippen LogP contribution in [0.25, 0.3) is 22.8 Å². The lowest BCUT2D eigenvalue weighted by molar-refractivity contribution is 0.0926. The summed E-state index contributed by atoms with van der Waals surface area (Å²) in [5.41, 5.74) is 2.26. The van der Waals surface area contributed by atoms with E-state index in [4.69, 9.17) is 4.42 Å². The van der Waals surface area contributed by atoms with Gasteiger partial charge in [-0.3, -0.25) is 4.79 Å². The lowest BCUT2D eigenvalue weighted by Crippen LogP contribution is -2.46. The first-order valence-electron chi connectivity index (χ1n) is 9.35. The molecule has 0 aliphatic carbocycles. The molecule has 0 bridgehead atoms. The molecule has 2 aromatic carbocycles. The Morgan fingerprint density at radius 2 is 1.89 bits per heavy atom. The van der Waals surface area contributed by atoms with Crippen LogP contribution in [-0.4, -0.2) is 29.5 Å². The highest BCUT2D eigenvalue weighted by Gasteiger charge is 2.23. The number of nitrogens with one attached hydrogen (secondary N) is 2. The highest BCUT2D eigenvalue weighted by atomic mass is 35.5. The van der Waals surface area contributed by atoms with Gasteiger partial charge in [0.15, 0.2) is 5.76 Å². The second-order valence-corrected chi connectivity index (χ2v) is 6.99. The molecule has 3 aromatic rings. The van der Waals surface area contributed by atoms with Crippen molar-refractivity contribution in [3.63, 3.8) is 0 Å². The Morgan fingerprint density at radius 3 is 2.68 bits per heavy atom. The standard InChI is InChI=1S/C22H23N3O2.ClH/c1-15-13-17(11-12-23-15)25-21(26)18-9-5-6-10-19(18)22-24-14-20(27-22)16-7-3-2-4-8-16;/h2-10,14-15,17,23H,11-13H2,1H3,(H,25,26);1H. The average molecular weight is 398 g/mol. The zero-order valence-corrected chi connectivity index (χ0v) is 16.5. The maximum absolute atomic E-state index is 12.9. The molecule has 6 heteroatoms. The monoisotopic (exact) mass is 397 g/mol. The number of nitrogens with zero attached hydrogens (tertiary/aromatic N) is 1. The predicted octanol–water partition coefficient (Wildman–Crippen LogP) is 4.30. The van der Waals surface area contributed by atoms with Crippen LogP contribution in [0.3, 0.4) is 0 Å². The van der Waals surface area contributed by atoms with E-state index in [2.05, 4.69) is 22.5 Å². The fourth-order valence-electron chi connectivity index (χ4n) is 3.53. The van der Waals surface area contributed by atoms with E-state index in [0.29, 0.717) is 28.8 Å². The molecular weight excluding hydrogens is 374 g/mol. The molecule has 4 rings (SSSR count). The quantitative estimate of drug-likeness (QED) is 0.688. The van der Waals surface area contributed by atoms with E-state index in [1.54, 1.807) is 6.20 Å². The SMILES string of the molecule is CC1CC(NC(=O)c2ccccc2-c2ncc(-c3ccccc3)o2)CCN1.Cl. The van der Waals surface area contributed by atoms with Crippen molar-refractivity contribution in [2.75, 3.05) is 6.54 Å². The number of benzene rings is 2. The summed E-state index contributed by atoms with van der Waals surface area (Å²) in [6, 6.07) is 17.9. The number of rotatable bonds is 4. The molecule has 1 amide bonds. The number of amides is 1. The largest absolute Gasteiger partial charge is 0.436 e. The summed E-state index contributed by atoms with van der Waals surface area (Å²) < 4.78 is 5.95. The van der Waals surface area contributed by atoms with Gasteiger partial charge in [-0.2, -0.15) is 0 Å². The van der Waals surface area contributed by atoms with Crippen molar-refractivity contribution < 1.29 is 9.21 Å². The number of carbonyl (C=O) groups is 1. The number of hydrogen-bond acceptors (Lipinski definition) is 4. The summed E-state index contributed by atoms with van der Waals surface area (Å²) in [4.78, 5) is 17.3. The van der Waals surface area contributed by atoms with Crippen LogP contribution >= 0.6 is 12.4 Å². The third-order valence-corrected chi connectivity index (χ3v) is 4.92. The summed E-state index contributed by atoms with van der Waals surface area (Å²) in [5, 5.41) is 6.57. The molecule has 146 valence electrons. The Labute approximate surface area is 171 Å². The smallest absolute Gasteiger partial charge is 0.252 e. The molecule has 1 aromatic heterocycles. The van der Waals surface area contributed by atoms with E-state index in [0.717, 1.165) is 24.9 Å². The molecule has 2 heterocycles. The van der Waals surface area contributed by atoms with Gasteiger partial charge >= 0.3 is 0 Å². The lowest BCUT2D eigenvalue weighted by Gasteiger charge is -2.28. The molecule has 28 heavy (non-hydrogen) atoms. The van der Waals surface area contributed by atoms with Crippen molar-refractivity contribution in [1.29, 1.82) is 0 Å². The number of hydrogen-bond donors (Lipinski definition) is 2. The number of halogens is 1. The van der Waals surface area contributed by atoms with Gasteiger partial charge in [0, 0.05) is 23.2 Å². The second-order valence-electron chi connectivity index (χ2n) is 6.99. The van der Waals surface area contributed by atoms with Crippen molar-refractivity contribution in [3.8, 4) is 22.8 Å². The minimum atomic E-state index is -0.0795. The highest BCUT2D eigenvalue weighted by molar-refractivity contribution is 6.00. The molecule has 2 atom stereocenters. The van der Waals surface area contributed by atoms with Gasteiger partial charge in [-0.15, -0.1) is 12.4 Å². The van der Waals surface area contributed by atoms with E-state index < -0.39 is 0 Å². The molecule has 5 nitrogen and oxygen atoms in total. The van der Waals surface area contributed by atoms with Gasteiger partial charge in [-0.1, -0.05) is 42.5 Å². The van der Waals surface area contributed by atoms with Crippen LogP contribution in [0.15, 0.2) is 65.2 Å². The molecule has 1 saturated heterocycles. The normalized spacial score (nSPS) is 18.9. The van der Waals surface area contributed by atoms with Gasteiger partial charge < -0.3 is 15.1 Å². The fraction of sp³-hybridized carbons (Fsp3) is 0.273. The average Bonchev–Trinajstić information content (AvgIpc) is 3.19. The summed E-state index contributed by atoms with van der Waals surface area (Å²) in [5.74, 6) is 1.07. The molecular formula is C22H24ClN3O2. The molecule has 2 N–H and O–H groups in total. The first-order valence-corrected chi connectivity index (χ1v) is 9.35. The lowest BCUT2D eigenvalue weighted by atomic mass is 9.99. The first kappa shape index (κ1) is 20.1. The van der Waals surface area contributed by atoms with Crippen molar-refractivity contribution in [1.82, 2.24) is 15.6 Å². The Hall–Kier alpha value is -2.63. The van der Waals surface area contributed by atoms with E-state index in [1.807, 2.05) is 54.6 Å². The molecule has 2 unspecified atom stereocenters. The van der Waals surface area contributed by atoms with Crippen LogP contribution in [-0.2, 0) is 0 Å². The maximum atomic E-state index is 12.9. The summed E-state index contributed by atoms with van der Waals surface area (Å²) in [7, 11) is 0. The first-order chi connectivity index (χ1) is 13.2. The number of carbonyl (C=O) groups excluding carboxylic acids is 1. The Balaban J connectivity index is 0.00000225. The van der Waals surface area contributed by atoms with Crippen molar-refractivity contribution in [3.05, 3.63) is 66.4 Å². The molecule has 1 aliphatic heterocycles. The predicted molar refractivity (Wildman–Crippen MR) is 113 cm³/mol. The topological polar surface area (TPSA) is 67.2 Å². The minimum Gasteiger partial charge on any atom is -0.436 e. The van der Waals surface area contributed by atoms with E-state index >= 15 is 0 Å². The maximum Gasteiger partial charge on any atom is 0.252 e. The van der Waals surface area contributed by atoms with Crippen molar-refractivity contribution >= 4 is 18.3 Å². The number of oxazole rings is 1. The Bertz CT molecular complexity index is 926. The van der Waals surface area contributed by atoms with Gasteiger partial charge in [0.05, 0.1) is 11.8 Å². The van der Waals surface area contributed by atoms with Crippen LogP contribution in [0.2, 0.25) is 0 Å². The van der Waals surface area contributed by atoms with Crippen LogP contribution in [0, 0.1) is 0 Å². The number of piperidine rings is 1. The van der Waals surface area contributed by atoms with Gasteiger partial charge in [0.25, 0.3) is 5.91 Å². The van der Waals surface area contributed by atoms with Crippen LogP contribution in [0.4, 0.5) is 0 Å².